The quantitative estimate of drug-likeness (QED) is 0.653. The SMILES string of the molecule is O=C1c2ccccc2S(=O)(=O)N1Cc1csc(COc2ccc(F)cc2)n1. The highest BCUT2D eigenvalue weighted by Gasteiger charge is 2.41. The van der Waals surface area contributed by atoms with Crippen LogP contribution in [-0.4, -0.2) is 23.6 Å². The topological polar surface area (TPSA) is 76.6 Å². The molecule has 1 aliphatic heterocycles. The monoisotopic (exact) mass is 404 g/mol. The van der Waals surface area contributed by atoms with Crippen LogP contribution in [0.2, 0.25) is 0 Å². The number of nitrogens with zero attached hydrogens (tertiary/aromatic N) is 2. The second-order valence-electron chi connectivity index (χ2n) is 5.79. The van der Waals surface area contributed by atoms with Crippen LogP contribution in [0.1, 0.15) is 21.1 Å². The van der Waals surface area contributed by atoms with Crippen LogP contribution in [0.3, 0.4) is 0 Å². The van der Waals surface area contributed by atoms with Crippen LogP contribution in [0, 0.1) is 5.82 Å². The van der Waals surface area contributed by atoms with Gasteiger partial charge in [-0.15, -0.1) is 11.3 Å². The van der Waals surface area contributed by atoms with E-state index in [2.05, 4.69) is 4.98 Å². The predicted molar refractivity (Wildman–Crippen MR) is 96.3 cm³/mol. The first-order valence-electron chi connectivity index (χ1n) is 7.93. The van der Waals surface area contributed by atoms with Crippen molar-refractivity contribution in [2.45, 2.75) is 18.0 Å². The van der Waals surface area contributed by atoms with E-state index in [1.165, 1.54) is 47.7 Å². The molecule has 0 radical (unpaired) electrons. The molecule has 9 heteroatoms. The fourth-order valence-electron chi connectivity index (χ4n) is 2.70. The Morgan fingerprint density at radius 1 is 1.11 bits per heavy atom. The Balaban J connectivity index is 1.47. The average molecular weight is 404 g/mol. The van der Waals surface area contributed by atoms with Gasteiger partial charge >= 0.3 is 0 Å². The summed E-state index contributed by atoms with van der Waals surface area (Å²) in [5.74, 6) is -0.403. The molecule has 4 rings (SSSR count). The highest BCUT2D eigenvalue weighted by Crippen LogP contribution is 2.31. The van der Waals surface area contributed by atoms with Crippen LogP contribution >= 0.6 is 11.3 Å². The van der Waals surface area contributed by atoms with E-state index in [0.29, 0.717) is 16.5 Å². The summed E-state index contributed by atoms with van der Waals surface area (Å²) in [6.07, 6.45) is 0. The predicted octanol–water partition coefficient (Wildman–Crippen LogP) is 3.21. The highest BCUT2D eigenvalue weighted by molar-refractivity contribution is 7.90. The van der Waals surface area contributed by atoms with Gasteiger partial charge in [0, 0.05) is 5.38 Å². The number of carbonyl (C=O) groups is 1. The number of ether oxygens (including phenoxy) is 1. The fraction of sp³-hybridized carbons (Fsp3) is 0.111. The lowest BCUT2D eigenvalue weighted by Crippen LogP contribution is -2.29. The van der Waals surface area contributed by atoms with E-state index >= 15 is 0 Å². The number of thiazole rings is 1. The third kappa shape index (κ3) is 3.31. The molecule has 0 saturated carbocycles. The zero-order valence-electron chi connectivity index (χ0n) is 13.8. The van der Waals surface area contributed by atoms with Gasteiger partial charge in [-0.1, -0.05) is 12.1 Å². The molecule has 0 unspecified atom stereocenters. The average Bonchev–Trinajstić information content (AvgIpc) is 3.19. The molecule has 3 aromatic rings. The first-order chi connectivity index (χ1) is 12.9. The van der Waals surface area contributed by atoms with E-state index in [9.17, 15) is 17.6 Å². The maximum absolute atomic E-state index is 12.9. The van der Waals surface area contributed by atoms with Crippen LogP contribution in [0.25, 0.3) is 0 Å². The van der Waals surface area contributed by atoms with E-state index in [0.717, 1.165) is 4.31 Å². The highest BCUT2D eigenvalue weighted by atomic mass is 32.2. The number of hydrogen-bond acceptors (Lipinski definition) is 6. The summed E-state index contributed by atoms with van der Waals surface area (Å²) in [5.41, 5.74) is 0.634. The normalized spacial score (nSPS) is 15.0. The van der Waals surface area contributed by atoms with Gasteiger partial charge in [0.25, 0.3) is 15.9 Å². The molecule has 1 aliphatic rings. The second-order valence-corrected chi connectivity index (χ2v) is 8.56. The Labute approximate surface area is 158 Å². The van der Waals surface area contributed by atoms with Crippen molar-refractivity contribution in [3.63, 3.8) is 0 Å². The van der Waals surface area contributed by atoms with Crippen molar-refractivity contribution >= 4 is 27.3 Å². The maximum Gasteiger partial charge on any atom is 0.269 e. The van der Waals surface area contributed by atoms with Crippen molar-refractivity contribution in [1.82, 2.24) is 9.29 Å². The number of benzene rings is 2. The lowest BCUT2D eigenvalue weighted by atomic mass is 10.2. The van der Waals surface area contributed by atoms with Gasteiger partial charge in [-0.05, 0) is 36.4 Å². The Kier molecular flexibility index (Phi) is 4.40. The molecular formula is C18H13FN2O4S2. The third-order valence-corrected chi connectivity index (χ3v) is 6.65. The zero-order chi connectivity index (χ0) is 19.0. The smallest absolute Gasteiger partial charge is 0.269 e. The van der Waals surface area contributed by atoms with Gasteiger partial charge in [0.1, 0.15) is 28.1 Å². The van der Waals surface area contributed by atoms with Crippen molar-refractivity contribution in [1.29, 1.82) is 0 Å². The molecule has 1 aromatic heterocycles. The molecule has 2 aromatic carbocycles. The van der Waals surface area contributed by atoms with Gasteiger partial charge in [0.2, 0.25) is 0 Å². The van der Waals surface area contributed by atoms with Gasteiger partial charge in [0.05, 0.1) is 17.8 Å². The molecule has 138 valence electrons. The molecule has 6 nitrogen and oxygen atoms in total. The minimum absolute atomic E-state index is 0.0186. The number of fused-ring (bicyclic) bond motifs is 1. The maximum atomic E-state index is 12.9. The largest absolute Gasteiger partial charge is 0.486 e. The molecule has 27 heavy (non-hydrogen) atoms. The number of amides is 1. The van der Waals surface area contributed by atoms with E-state index in [1.807, 2.05) is 0 Å². The number of carbonyl (C=O) groups excluding carboxylic acids is 1. The molecule has 0 saturated heterocycles. The molecule has 0 atom stereocenters. The van der Waals surface area contributed by atoms with Gasteiger partial charge in [-0.25, -0.2) is 22.1 Å². The summed E-state index contributed by atoms with van der Waals surface area (Å²) in [6, 6.07) is 11.7. The first kappa shape index (κ1) is 17.6. The molecule has 0 N–H and O–H groups in total. The van der Waals surface area contributed by atoms with Crippen molar-refractivity contribution in [3.8, 4) is 5.75 Å². The van der Waals surface area contributed by atoms with Gasteiger partial charge in [-0.3, -0.25) is 4.79 Å². The summed E-state index contributed by atoms with van der Waals surface area (Å²) >= 11 is 1.30. The molecule has 0 bridgehead atoms. The molecule has 0 fully saturated rings. The van der Waals surface area contributed by atoms with Crippen LogP contribution in [0.4, 0.5) is 4.39 Å². The van der Waals surface area contributed by atoms with Gasteiger partial charge in [0.15, 0.2) is 0 Å². The fourth-order valence-corrected chi connectivity index (χ4v) is 4.93. The van der Waals surface area contributed by atoms with Crippen molar-refractivity contribution in [2.75, 3.05) is 0 Å². The molecule has 2 heterocycles. The first-order valence-corrected chi connectivity index (χ1v) is 10.2. The second kappa shape index (κ2) is 6.75. The Bertz CT molecular complexity index is 1110. The zero-order valence-corrected chi connectivity index (χ0v) is 15.5. The minimum atomic E-state index is -3.86. The van der Waals surface area contributed by atoms with E-state index in [-0.39, 0.29) is 29.4 Å². The number of rotatable bonds is 5. The van der Waals surface area contributed by atoms with E-state index < -0.39 is 15.9 Å². The van der Waals surface area contributed by atoms with Crippen molar-refractivity contribution < 1.29 is 22.3 Å². The van der Waals surface area contributed by atoms with Crippen LogP contribution in [0.15, 0.2) is 58.8 Å². The van der Waals surface area contributed by atoms with E-state index in [4.69, 9.17) is 4.74 Å². The van der Waals surface area contributed by atoms with E-state index in [1.54, 1.807) is 17.5 Å². The summed E-state index contributed by atoms with van der Waals surface area (Å²) < 4.78 is 44.4. The lowest BCUT2D eigenvalue weighted by molar-refractivity contribution is 0.0864. The Morgan fingerprint density at radius 2 is 1.85 bits per heavy atom. The number of sulfonamides is 1. The van der Waals surface area contributed by atoms with Crippen molar-refractivity contribution in [3.05, 3.63) is 76.0 Å². The molecule has 0 spiro atoms. The lowest BCUT2D eigenvalue weighted by Gasteiger charge is -2.13. The van der Waals surface area contributed by atoms with Crippen LogP contribution < -0.4 is 4.74 Å². The number of aromatic nitrogens is 1. The number of hydrogen-bond donors (Lipinski definition) is 0. The van der Waals surface area contributed by atoms with Crippen molar-refractivity contribution in [2.24, 2.45) is 0 Å². The summed E-state index contributed by atoms with van der Waals surface area (Å²) in [7, 11) is -3.86. The summed E-state index contributed by atoms with van der Waals surface area (Å²) in [4.78, 5) is 16.8. The summed E-state index contributed by atoms with van der Waals surface area (Å²) in [5, 5.41) is 2.31. The molecule has 0 aliphatic carbocycles. The third-order valence-electron chi connectivity index (χ3n) is 3.99. The molecule has 1 amide bonds. The minimum Gasteiger partial charge on any atom is -0.486 e. The van der Waals surface area contributed by atoms with Crippen LogP contribution in [0.5, 0.6) is 5.75 Å². The Hall–Kier alpha value is -2.78. The van der Waals surface area contributed by atoms with Gasteiger partial charge in [-0.2, -0.15) is 0 Å². The molecular weight excluding hydrogens is 391 g/mol. The van der Waals surface area contributed by atoms with Crippen LogP contribution in [-0.2, 0) is 23.2 Å². The number of halogens is 1. The standard InChI is InChI=1S/C18H13FN2O4S2/c19-12-5-7-14(8-6-12)25-10-17-20-13(11-26-17)9-21-18(22)15-3-1-2-4-16(15)27(21,23)24/h1-8,11H,9-10H2. The summed E-state index contributed by atoms with van der Waals surface area (Å²) in [6.45, 7) is 0.0279. The Morgan fingerprint density at radius 3 is 2.59 bits per heavy atom. The van der Waals surface area contributed by atoms with Gasteiger partial charge < -0.3 is 4.74 Å².